The van der Waals surface area contributed by atoms with E-state index >= 15 is 0 Å². The van der Waals surface area contributed by atoms with Gasteiger partial charge in [0, 0.05) is 36.1 Å². The third kappa shape index (κ3) is 5.46. The summed E-state index contributed by atoms with van der Waals surface area (Å²) in [5, 5.41) is 6.94. The quantitative estimate of drug-likeness (QED) is 0.758. The molecule has 24 heavy (non-hydrogen) atoms. The lowest BCUT2D eigenvalue weighted by Crippen LogP contribution is -2.38. The monoisotopic (exact) mass is 408 g/mol. The number of thiophene rings is 1. The lowest BCUT2D eigenvalue weighted by molar-refractivity contribution is -0.131. The summed E-state index contributed by atoms with van der Waals surface area (Å²) in [5.41, 5.74) is 1.83. The van der Waals surface area contributed by atoms with Gasteiger partial charge in [0.05, 0.1) is 0 Å². The summed E-state index contributed by atoms with van der Waals surface area (Å²) in [4.78, 5) is 26.0. The van der Waals surface area contributed by atoms with E-state index in [0.717, 1.165) is 10.9 Å². The van der Waals surface area contributed by atoms with Crippen LogP contribution in [0.15, 0.2) is 45.6 Å². The van der Waals surface area contributed by atoms with E-state index in [1.165, 1.54) is 5.56 Å². The Labute approximate surface area is 155 Å². The zero-order valence-electron chi connectivity index (χ0n) is 13.8. The molecule has 1 aromatic carbocycles. The van der Waals surface area contributed by atoms with Gasteiger partial charge in [0.1, 0.15) is 0 Å². The van der Waals surface area contributed by atoms with Gasteiger partial charge >= 0.3 is 0 Å². The normalized spacial score (nSPS) is 11.8. The smallest absolute Gasteiger partial charge is 0.251 e. The van der Waals surface area contributed by atoms with Crippen LogP contribution in [0.2, 0.25) is 0 Å². The van der Waals surface area contributed by atoms with Crippen LogP contribution in [-0.2, 0) is 11.2 Å². The Balaban J connectivity index is 1.75. The van der Waals surface area contributed by atoms with E-state index in [-0.39, 0.29) is 17.9 Å². The predicted molar refractivity (Wildman–Crippen MR) is 101 cm³/mol. The van der Waals surface area contributed by atoms with Crippen LogP contribution in [0.1, 0.15) is 29.3 Å². The van der Waals surface area contributed by atoms with Crippen molar-refractivity contribution in [2.45, 2.75) is 25.8 Å². The largest absolute Gasteiger partial charge is 0.352 e. The van der Waals surface area contributed by atoms with Gasteiger partial charge in [-0.05, 0) is 60.0 Å². The zero-order valence-corrected chi connectivity index (χ0v) is 16.2. The van der Waals surface area contributed by atoms with Crippen molar-refractivity contribution in [1.82, 2.24) is 10.2 Å². The SMILES string of the molecule is C[C@@H](Cc1ccsc1)N(C)C(=O)CCNC(=O)c1ccc(Br)cc1. The number of rotatable bonds is 7. The first-order valence-electron chi connectivity index (χ1n) is 7.78. The summed E-state index contributed by atoms with van der Waals surface area (Å²) in [6, 6.07) is 9.35. The van der Waals surface area contributed by atoms with E-state index in [1.54, 1.807) is 28.4 Å². The van der Waals surface area contributed by atoms with Gasteiger partial charge in [-0.3, -0.25) is 9.59 Å². The highest BCUT2D eigenvalue weighted by atomic mass is 79.9. The highest BCUT2D eigenvalue weighted by Crippen LogP contribution is 2.12. The fraction of sp³-hybridized carbons (Fsp3) is 0.333. The second-order valence-corrected chi connectivity index (χ2v) is 7.40. The number of halogens is 1. The van der Waals surface area contributed by atoms with Crippen molar-refractivity contribution in [3.63, 3.8) is 0 Å². The topological polar surface area (TPSA) is 49.4 Å². The molecule has 1 aromatic heterocycles. The minimum Gasteiger partial charge on any atom is -0.352 e. The summed E-state index contributed by atoms with van der Waals surface area (Å²) in [6.07, 6.45) is 1.14. The van der Waals surface area contributed by atoms with Crippen molar-refractivity contribution < 1.29 is 9.59 Å². The molecule has 2 aromatic rings. The molecular weight excluding hydrogens is 388 g/mol. The molecule has 0 saturated heterocycles. The van der Waals surface area contributed by atoms with E-state index in [2.05, 4.69) is 32.7 Å². The first-order chi connectivity index (χ1) is 11.5. The summed E-state index contributed by atoms with van der Waals surface area (Å²) < 4.78 is 0.926. The Hall–Kier alpha value is -1.66. The fourth-order valence-corrected chi connectivity index (χ4v) is 3.24. The molecule has 0 saturated carbocycles. The van der Waals surface area contributed by atoms with Crippen LogP contribution < -0.4 is 5.32 Å². The van der Waals surface area contributed by atoms with Gasteiger partial charge in [-0.25, -0.2) is 0 Å². The molecule has 0 aliphatic rings. The zero-order chi connectivity index (χ0) is 17.5. The van der Waals surface area contributed by atoms with Crippen LogP contribution >= 0.6 is 27.3 Å². The molecule has 1 atom stereocenters. The average molecular weight is 409 g/mol. The molecule has 2 rings (SSSR count). The van der Waals surface area contributed by atoms with Crippen molar-refractivity contribution in [3.05, 3.63) is 56.7 Å². The number of likely N-dealkylation sites (N-methyl/N-ethyl adjacent to an activating group) is 1. The molecule has 0 radical (unpaired) electrons. The van der Waals surface area contributed by atoms with E-state index < -0.39 is 0 Å². The van der Waals surface area contributed by atoms with E-state index in [0.29, 0.717) is 18.5 Å². The Morgan fingerprint density at radius 2 is 1.96 bits per heavy atom. The molecule has 0 unspecified atom stereocenters. The number of benzene rings is 1. The van der Waals surface area contributed by atoms with Crippen molar-refractivity contribution >= 4 is 39.1 Å². The van der Waals surface area contributed by atoms with Crippen molar-refractivity contribution in [2.75, 3.05) is 13.6 Å². The maximum Gasteiger partial charge on any atom is 0.251 e. The number of nitrogens with one attached hydrogen (secondary N) is 1. The van der Waals surface area contributed by atoms with Crippen LogP contribution in [0, 0.1) is 0 Å². The highest BCUT2D eigenvalue weighted by Gasteiger charge is 2.16. The lowest BCUT2D eigenvalue weighted by atomic mass is 10.1. The molecule has 128 valence electrons. The molecule has 0 fully saturated rings. The molecule has 2 amide bonds. The highest BCUT2D eigenvalue weighted by molar-refractivity contribution is 9.10. The molecular formula is C18H21BrN2O2S. The number of nitrogens with zero attached hydrogens (tertiary/aromatic N) is 1. The van der Waals surface area contributed by atoms with Crippen LogP contribution in [0.4, 0.5) is 0 Å². The number of hydrogen-bond acceptors (Lipinski definition) is 3. The average Bonchev–Trinajstić information content (AvgIpc) is 3.07. The maximum absolute atomic E-state index is 12.2. The molecule has 4 nitrogen and oxygen atoms in total. The van der Waals surface area contributed by atoms with Crippen LogP contribution in [0.3, 0.4) is 0 Å². The van der Waals surface area contributed by atoms with Gasteiger partial charge in [-0.2, -0.15) is 11.3 Å². The van der Waals surface area contributed by atoms with Crippen molar-refractivity contribution in [2.24, 2.45) is 0 Å². The lowest BCUT2D eigenvalue weighted by Gasteiger charge is -2.25. The first-order valence-corrected chi connectivity index (χ1v) is 9.51. The number of carbonyl (C=O) groups excluding carboxylic acids is 2. The molecule has 0 aliphatic heterocycles. The van der Waals surface area contributed by atoms with Gasteiger partial charge in [0.15, 0.2) is 0 Å². The van der Waals surface area contributed by atoms with Crippen molar-refractivity contribution in [3.8, 4) is 0 Å². The third-order valence-corrected chi connectivity index (χ3v) is 5.16. The second-order valence-electron chi connectivity index (χ2n) is 5.70. The fourth-order valence-electron chi connectivity index (χ4n) is 2.30. The Morgan fingerprint density at radius 3 is 2.58 bits per heavy atom. The Morgan fingerprint density at radius 1 is 1.25 bits per heavy atom. The summed E-state index contributed by atoms with van der Waals surface area (Å²) >= 11 is 5.00. The molecule has 1 N–H and O–H groups in total. The van der Waals surface area contributed by atoms with Gasteiger partial charge in [-0.1, -0.05) is 15.9 Å². The Bertz CT molecular complexity index is 671. The summed E-state index contributed by atoms with van der Waals surface area (Å²) in [6.45, 7) is 2.37. The van der Waals surface area contributed by atoms with E-state index in [4.69, 9.17) is 0 Å². The minimum absolute atomic E-state index is 0.0360. The minimum atomic E-state index is -0.163. The number of carbonyl (C=O) groups is 2. The van der Waals surface area contributed by atoms with Crippen LogP contribution in [-0.4, -0.2) is 36.3 Å². The predicted octanol–water partition coefficient (Wildman–Crippen LogP) is 3.72. The first kappa shape index (κ1) is 18.7. The van der Waals surface area contributed by atoms with Gasteiger partial charge in [0.25, 0.3) is 5.91 Å². The molecule has 6 heteroatoms. The molecule has 0 spiro atoms. The standard InChI is InChI=1S/C18H21BrN2O2S/c1-13(11-14-8-10-24-12-14)21(2)17(22)7-9-20-18(23)15-3-5-16(19)6-4-15/h3-6,8,10,12-13H,7,9,11H2,1-2H3,(H,20,23)/t13-/m0/s1. The number of hydrogen-bond donors (Lipinski definition) is 1. The van der Waals surface area contributed by atoms with Crippen molar-refractivity contribution in [1.29, 1.82) is 0 Å². The van der Waals surface area contributed by atoms with Gasteiger partial charge in [-0.15, -0.1) is 0 Å². The van der Waals surface area contributed by atoms with E-state index in [9.17, 15) is 9.59 Å². The van der Waals surface area contributed by atoms with E-state index in [1.807, 2.05) is 31.5 Å². The molecule has 0 bridgehead atoms. The second kappa shape index (κ2) is 8.99. The summed E-state index contributed by atoms with van der Waals surface area (Å²) in [7, 11) is 1.82. The summed E-state index contributed by atoms with van der Waals surface area (Å²) in [5.74, 6) is -0.127. The Kier molecular flexibility index (Phi) is 6.99. The van der Waals surface area contributed by atoms with Crippen LogP contribution in [0.25, 0.3) is 0 Å². The van der Waals surface area contributed by atoms with Gasteiger partial charge < -0.3 is 10.2 Å². The number of amides is 2. The molecule has 0 aliphatic carbocycles. The third-order valence-electron chi connectivity index (χ3n) is 3.90. The van der Waals surface area contributed by atoms with Crippen LogP contribution in [0.5, 0.6) is 0 Å². The maximum atomic E-state index is 12.2. The molecule has 1 heterocycles. The van der Waals surface area contributed by atoms with Gasteiger partial charge in [0.2, 0.25) is 5.91 Å².